The van der Waals surface area contributed by atoms with E-state index in [4.69, 9.17) is 0 Å². The number of nitrogens with one attached hydrogen (secondary N) is 1. The highest BCUT2D eigenvalue weighted by Gasteiger charge is 2.15. The van der Waals surface area contributed by atoms with Crippen molar-refractivity contribution in [1.82, 2.24) is 29.2 Å². The maximum Gasteiger partial charge on any atom is 0.250 e. The molecule has 0 unspecified atom stereocenters. The molecule has 130 valence electrons. The molecule has 0 amide bonds. The fourth-order valence-electron chi connectivity index (χ4n) is 3.33. The summed E-state index contributed by atoms with van der Waals surface area (Å²) >= 11 is 0. The van der Waals surface area contributed by atoms with E-state index in [0.29, 0.717) is 6.54 Å². The normalized spacial score (nSPS) is 13.8. The standard InChI is InChI=1S/C18H22N6O/c1-14-4-2-5-17(25)23(14)9-3-8-22-10-7-20-18(22)16-12-15-13-19-6-11-24(15)21-16/h2,4-5,7,10,12,19H,3,6,8-9,11,13H2,1H3. The number of hydrogen-bond acceptors (Lipinski definition) is 4. The van der Waals surface area contributed by atoms with Crippen molar-refractivity contribution >= 4 is 0 Å². The van der Waals surface area contributed by atoms with Crippen LogP contribution < -0.4 is 10.9 Å². The van der Waals surface area contributed by atoms with Gasteiger partial charge in [0.2, 0.25) is 0 Å². The van der Waals surface area contributed by atoms with Crippen LogP contribution in [0.1, 0.15) is 17.8 Å². The molecule has 3 aromatic rings. The van der Waals surface area contributed by atoms with Crippen molar-refractivity contribution in [2.24, 2.45) is 0 Å². The van der Waals surface area contributed by atoms with Crippen molar-refractivity contribution in [1.29, 1.82) is 0 Å². The van der Waals surface area contributed by atoms with Crippen LogP contribution >= 0.6 is 0 Å². The largest absolute Gasteiger partial charge is 0.330 e. The fourth-order valence-corrected chi connectivity index (χ4v) is 3.33. The Morgan fingerprint density at radius 3 is 3.04 bits per heavy atom. The summed E-state index contributed by atoms with van der Waals surface area (Å²) in [6.45, 7) is 6.17. The number of hydrogen-bond donors (Lipinski definition) is 1. The number of imidazole rings is 1. The van der Waals surface area contributed by atoms with E-state index in [1.165, 1.54) is 5.69 Å². The maximum atomic E-state index is 12.0. The topological polar surface area (TPSA) is 69.7 Å². The molecular formula is C18H22N6O. The van der Waals surface area contributed by atoms with Crippen LogP contribution in [0.5, 0.6) is 0 Å². The predicted molar refractivity (Wildman–Crippen MR) is 95.2 cm³/mol. The Balaban J connectivity index is 1.49. The van der Waals surface area contributed by atoms with Crippen molar-refractivity contribution in [3.05, 3.63) is 58.4 Å². The van der Waals surface area contributed by atoms with E-state index in [1.807, 2.05) is 30.0 Å². The molecule has 1 aliphatic rings. The first kappa shape index (κ1) is 15.8. The third-order valence-electron chi connectivity index (χ3n) is 4.66. The number of nitrogens with zero attached hydrogens (tertiary/aromatic N) is 5. The summed E-state index contributed by atoms with van der Waals surface area (Å²) in [5.74, 6) is 0.888. The molecule has 0 saturated heterocycles. The molecule has 1 N–H and O–H groups in total. The second-order valence-electron chi connectivity index (χ2n) is 6.38. The number of rotatable bonds is 5. The Morgan fingerprint density at radius 1 is 1.28 bits per heavy atom. The van der Waals surface area contributed by atoms with Crippen molar-refractivity contribution in [2.75, 3.05) is 6.54 Å². The van der Waals surface area contributed by atoms with Gasteiger partial charge in [-0.25, -0.2) is 4.98 Å². The van der Waals surface area contributed by atoms with Gasteiger partial charge in [0, 0.05) is 50.3 Å². The number of aromatic nitrogens is 5. The molecule has 0 bridgehead atoms. The summed E-state index contributed by atoms with van der Waals surface area (Å²) in [5.41, 5.74) is 3.16. The van der Waals surface area contributed by atoms with Gasteiger partial charge in [-0.05, 0) is 25.5 Å². The molecule has 4 heterocycles. The van der Waals surface area contributed by atoms with Gasteiger partial charge in [-0.15, -0.1) is 0 Å². The lowest BCUT2D eigenvalue weighted by molar-refractivity contribution is 0.476. The number of fused-ring (bicyclic) bond motifs is 1. The molecule has 3 aromatic heterocycles. The second-order valence-corrected chi connectivity index (χ2v) is 6.38. The van der Waals surface area contributed by atoms with Gasteiger partial charge in [-0.3, -0.25) is 9.48 Å². The fraction of sp³-hybridized carbons (Fsp3) is 0.389. The molecular weight excluding hydrogens is 316 g/mol. The van der Waals surface area contributed by atoms with Gasteiger partial charge in [0.25, 0.3) is 5.56 Å². The lowest BCUT2D eigenvalue weighted by atomic mass is 10.3. The summed E-state index contributed by atoms with van der Waals surface area (Å²) in [7, 11) is 0. The average Bonchev–Trinajstić information content (AvgIpc) is 3.23. The molecule has 7 heteroatoms. The zero-order valence-electron chi connectivity index (χ0n) is 14.4. The number of pyridine rings is 1. The summed E-state index contributed by atoms with van der Waals surface area (Å²) in [4.78, 5) is 16.4. The highest BCUT2D eigenvalue weighted by Crippen LogP contribution is 2.19. The molecule has 0 spiro atoms. The first-order valence-corrected chi connectivity index (χ1v) is 8.68. The Hall–Kier alpha value is -2.67. The minimum absolute atomic E-state index is 0.0557. The summed E-state index contributed by atoms with van der Waals surface area (Å²) in [6, 6.07) is 7.49. The Labute approximate surface area is 145 Å². The van der Waals surface area contributed by atoms with Gasteiger partial charge >= 0.3 is 0 Å². The van der Waals surface area contributed by atoms with Crippen LogP contribution in [0.4, 0.5) is 0 Å². The smallest absolute Gasteiger partial charge is 0.250 e. The molecule has 0 saturated carbocycles. The minimum Gasteiger partial charge on any atom is -0.330 e. The van der Waals surface area contributed by atoms with Crippen LogP contribution in [0.15, 0.2) is 41.5 Å². The molecule has 7 nitrogen and oxygen atoms in total. The van der Waals surface area contributed by atoms with Gasteiger partial charge in [0.1, 0.15) is 5.69 Å². The summed E-state index contributed by atoms with van der Waals surface area (Å²) in [6.07, 6.45) is 4.65. The van der Waals surface area contributed by atoms with Gasteiger partial charge in [0.15, 0.2) is 5.82 Å². The SMILES string of the molecule is Cc1cccc(=O)n1CCCn1ccnc1-c1cc2n(n1)CCNC2. The van der Waals surface area contributed by atoms with E-state index in [2.05, 4.69) is 30.7 Å². The van der Waals surface area contributed by atoms with Crippen molar-refractivity contribution in [3.63, 3.8) is 0 Å². The van der Waals surface area contributed by atoms with E-state index in [1.54, 1.807) is 12.1 Å². The Morgan fingerprint density at radius 2 is 2.20 bits per heavy atom. The highest BCUT2D eigenvalue weighted by molar-refractivity contribution is 5.50. The van der Waals surface area contributed by atoms with Gasteiger partial charge in [0.05, 0.1) is 12.2 Å². The molecule has 25 heavy (non-hydrogen) atoms. The average molecular weight is 338 g/mol. The lowest BCUT2D eigenvalue weighted by Gasteiger charge is -2.13. The van der Waals surface area contributed by atoms with Gasteiger partial charge in [-0.2, -0.15) is 5.10 Å². The van der Waals surface area contributed by atoms with Gasteiger partial charge in [-0.1, -0.05) is 6.07 Å². The quantitative estimate of drug-likeness (QED) is 0.764. The van der Waals surface area contributed by atoms with Crippen LogP contribution in [-0.4, -0.2) is 30.4 Å². The molecule has 0 atom stereocenters. The first-order chi connectivity index (χ1) is 12.2. The van der Waals surface area contributed by atoms with Crippen molar-refractivity contribution < 1.29 is 0 Å². The zero-order valence-corrected chi connectivity index (χ0v) is 14.4. The van der Waals surface area contributed by atoms with E-state index in [-0.39, 0.29) is 5.56 Å². The van der Waals surface area contributed by atoms with Crippen molar-refractivity contribution in [3.8, 4) is 11.5 Å². The lowest BCUT2D eigenvalue weighted by Crippen LogP contribution is -2.28. The van der Waals surface area contributed by atoms with Crippen molar-refractivity contribution in [2.45, 2.75) is 39.5 Å². The van der Waals surface area contributed by atoms with Crippen LogP contribution in [0.25, 0.3) is 11.5 Å². The molecule has 1 aliphatic heterocycles. The molecule has 4 rings (SSSR count). The van der Waals surface area contributed by atoms with Crippen LogP contribution in [0.3, 0.4) is 0 Å². The highest BCUT2D eigenvalue weighted by atomic mass is 16.1. The summed E-state index contributed by atoms with van der Waals surface area (Å²) < 4.78 is 5.99. The molecule has 0 aliphatic carbocycles. The second kappa shape index (κ2) is 6.68. The van der Waals surface area contributed by atoms with E-state index < -0.39 is 0 Å². The van der Waals surface area contributed by atoms with E-state index >= 15 is 0 Å². The maximum absolute atomic E-state index is 12.0. The van der Waals surface area contributed by atoms with Crippen LogP contribution in [0.2, 0.25) is 0 Å². The van der Waals surface area contributed by atoms with E-state index in [9.17, 15) is 4.79 Å². The third kappa shape index (κ3) is 3.15. The molecule has 0 aromatic carbocycles. The predicted octanol–water partition coefficient (Wildman–Crippen LogP) is 1.41. The van der Waals surface area contributed by atoms with Crippen LogP contribution in [0, 0.1) is 6.92 Å². The van der Waals surface area contributed by atoms with E-state index in [0.717, 1.165) is 49.8 Å². The molecule has 0 fully saturated rings. The monoisotopic (exact) mass is 338 g/mol. The van der Waals surface area contributed by atoms with Crippen LogP contribution in [-0.2, 0) is 26.2 Å². The Bertz CT molecular complexity index is 912. The third-order valence-corrected chi connectivity index (χ3v) is 4.66. The van der Waals surface area contributed by atoms with Gasteiger partial charge < -0.3 is 14.5 Å². The number of aryl methyl sites for hydroxylation is 2. The first-order valence-electron chi connectivity index (χ1n) is 8.68. The Kier molecular flexibility index (Phi) is 4.23. The summed E-state index contributed by atoms with van der Waals surface area (Å²) in [5, 5.41) is 8.04. The zero-order chi connectivity index (χ0) is 17.2. The molecule has 0 radical (unpaired) electrons. The minimum atomic E-state index is 0.0557.